The van der Waals surface area contributed by atoms with Crippen LogP contribution in [0.1, 0.15) is 6.92 Å². The van der Waals surface area contributed by atoms with E-state index in [1.54, 1.807) is 0 Å². The lowest BCUT2D eigenvalue weighted by molar-refractivity contribution is -0.384. The molecule has 0 aromatic heterocycles. The molecule has 0 bridgehead atoms. The smallest absolute Gasteiger partial charge is 0.271 e. The summed E-state index contributed by atoms with van der Waals surface area (Å²) in [5.41, 5.74) is 0.301. The van der Waals surface area contributed by atoms with E-state index in [1.165, 1.54) is 18.2 Å². The lowest BCUT2D eigenvalue weighted by Gasteiger charge is -2.14. The number of benzene rings is 1. The highest BCUT2D eigenvalue weighted by Crippen LogP contribution is 2.28. The molecule has 1 heterocycles. The van der Waals surface area contributed by atoms with Gasteiger partial charge in [0.15, 0.2) is 0 Å². The molecule has 1 saturated heterocycles. The lowest BCUT2D eigenvalue weighted by Crippen LogP contribution is -2.27. The molecule has 0 saturated carbocycles. The Kier molecular flexibility index (Phi) is 4.01. The van der Waals surface area contributed by atoms with Crippen molar-refractivity contribution >= 4 is 28.9 Å². The van der Waals surface area contributed by atoms with E-state index in [1.807, 2.05) is 6.92 Å². The molecule has 1 aliphatic heterocycles. The Morgan fingerprint density at radius 3 is 2.79 bits per heavy atom. The van der Waals surface area contributed by atoms with Crippen molar-refractivity contribution in [3.05, 3.63) is 33.3 Å². The number of hydrogen-bond acceptors (Lipinski definition) is 4. The minimum Gasteiger partial charge on any atom is -0.324 e. The fraction of sp³-hybridized carbons (Fsp3) is 0.417. The fourth-order valence-electron chi connectivity index (χ4n) is 2.11. The van der Waals surface area contributed by atoms with E-state index in [0.29, 0.717) is 12.2 Å². The Morgan fingerprint density at radius 1 is 1.53 bits per heavy atom. The Balaban J connectivity index is 2.11. The van der Waals surface area contributed by atoms with Crippen LogP contribution in [0.2, 0.25) is 5.02 Å². The van der Waals surface area contributed by atoms with Gasteiger partial charge in [-0.2, -0.15) is 0 Å². The summed E-state index contributed by atoms with van der Waals surface area (Å²) in [5.74, 6) is 0.0383. The van der Waals surface area contributed by atoms with Crippen molar-refractivity contribution in [2.75, 3.05) is 18.4 Å². The van der Waals surface area contributed by atoms with Crippen molar-refractivity contribution in [1.29, 1.82) is 0 Å². The van der Waals surface area contributed by atoms with Crippen molar-refractivity contribution in [1.82, 2.24) is 5.32 Å². The van der Waals surface area contributed by atoms with Gasteiger partial charge < -0.3 is 10.6 Å². The third kappa shape index (κ3) is 3.02. The molecule has 1 aliphatic rings. The largest absolute Gasteiger partial charge is 0.324 e. The number of carbonyl (C=O) groups is 1. The van der Waals surface area contributed by atoms with Crippen molar-refractivity contribution < 1.29 is 9.72 Å². The first-order valence-electron chi connectivity index (χ1n) is 5.94. The topological polar surface area (TPSA) is 84.3 Å². The summed E-state index contributed by atoms with van der Waals surface area (Å²) in [5, 5.41) is 16.6. The van der Waals surface area contributed by atoms with Crippen LogP contribution in [0.5, 0.6) is 0 Å². The van der Waals surface area contributed by atoms with Crippen LogP contribution in [0, 0.1) is 22.0 Å². The molecule has 1 amide bonds. The minimum atomic E-state index is -0.527. The number of amides is 1. The van der Waals surface area contributed by atoms with Gasteiger partial charge in [-0.15, -0.1) is 0 Å². The number of nitro groups is 1. The number of non-ortho nitro benzene ring substituents is 1. The predicted molar refractivity (Wildman–Crippen MR) is 72.3 cm³/mol. The zero-order chi connectivity index (χ0) is 14.0. The Hall–Kier alpha value is -1.66. The number of nitrogens with zero attached hydrogens (tertiary/aromatic N) is 1. The first-order chi connectivity index (χ1) is 8.99. The van der Waals surface area contributed by atoms with Gasteiger partial charge in [0.05, 0.1) is 21.6 Å². The summed E-state index contributed by atoms with van der Waals surface area (Å²) < 4.78 is 0. The van der Waals surface area contributed by atoms with E-state index in [0.717, 1.165) is 6.54 Å². The summed E-state index contributed by atoms with van der Waals surface area (Å²) in [6, 6.07) is 4.00. The van der Waals surface area contributed by atoms with E-state index >= 15 is 0 Å². The second kappa shape index (κ2) is 5.54. The van der Waals surface area contributed by atoms with Gasteiger partial charge in [-0.25, -0.2) is 0 Å². The van der Waals surface area contributed by atoms with Crippen molar-refractivity contribution in [3.63, 3.8) is 0 Å². The first kappa shape index (κ1) is 13.8. The molecule has 1 fully saturated rings. The summed E-state index contributed by atoms with van der Waals surface area (Å²) >= 11 is 5.93. The van der Waals surface area contributed by atoms with Gasteiger partial charge in [0.25, 0.3) is 5.69 Å². The number of anilines is 1. The van der Waals surface area contributed by atoms with Crippen LogP contribution in [0.25, 0.3) is 0 Å². The number of nitrogens with one attached hydrogen (secondary N) is 2. The summed E-state index contributed by atoms with van der Waals surface area (Å²) in [6.07, 6.45) is 0. The summed E-state index contributed by atoms with van der Waals surface area (Å²) in [6.45, 7) is 3.45. The van der Waals surface area contributed by atoms with Crippen LogP contribution in [0.3, 0.4) is 0 Å². The highest BCUT2D eigenvalue weighted by Gasteiger charge is 2.29. The number of hydrogen-bond donors (Lipinski definition) is 2. The van der Waals surface area contributed by atoms with Crippen LogP contribution in [-0.2, 0) is 4.79 Å². The van der Waals surface area contributed by atoms with Crippen LogP contribution in [0.15, 0.2) is 18.2 Å². The quantitative estimate of drug-likeness (QED) is 0.657. The third-order valence-electron chi connectivity index (χ3n) is 3.28. The van der Waals surface area contributed by atoms with Gasteiger partial charge in [0.2, 0.25) is 5.91 Å². The SMILES string of the molecule is CC1CNCC1C(=O)Nc1ccc([N+](=O)[O-])cc1Cl. The average molecular weight is 284 g/mol. The number of carbonyl (C=O) groups excluding carboxylic acids is 1. The highest BCUT2D eigenvalue weighted by molar-refractivity contribution is 6.34. The monoisotopic (exact) mass is 283 g/mol. The van der Waals surface area contributed by atoms with Crippen LogP contribution in [-0.4, -0.2) is 23.9 Å². The number of halogens is 1. The van der Waals surface area contributed by atoms with Gasteiger partial charge in [-0.1, -0.05) is 18.5 Å². The zero-order valence-electron chi connectivity index (χ0n) is 10.4. The molecular weight excluding hydrogens is 270 g/mol. The number of rotatable bonds is 3. The standard InChI is InChI=1S/C12H14ClN3O3/c1-7-5-14-6-9(7)12(17)15-11-3-2-8(16(18)19)4-10(11)13/h2-4,7,9,14H,5-6H2,1H3,(H,15,17). The van der Waals surface area contributed by atoms with E-state index in [2.05, 4.69) is 10.6 Å². The maximum absolute atomic E-state index is 12.1. The highest BCUT2D eigenvalue weighted by atomic mass is 35.5. The summed E-state index contributed by atoms with van der Waals surface area (Å²) in [7, 11) is 0. The number of nitro benzene ring substituents is 1. The van der Waals surface area contributed by atoms with E-state index < -0.39 is 4.92 Å². The zero-order valence-corrected chi connectivity index (χ0v) is 11.1. The average Bonchev–Trinajstić information content (AvgIpc) is 2.77. The molecule has 0 radical (unpaired) electrons. The Bertz CT molecular complexity index is 521. The molecule has 2 unspecified atom stereocenters. The molecule has 2 N–H and O–H groups in total. The van der Waals surface area contributed by atoms with Gasteiger partial charge in [-0.3, -0.25) is 14.9 Å². The molecule has 1 aromatic carbocycles. The molecule has 1 aromatic rings. The van der Waals surface area contributed by atoms with Crippen molar-refractivity contribution in [2.24, 2.45) is 11.8 Å². The Labute approximate surface area is 115 Å². The van der Waals surface area contributed by atoms with Crippen molar-refractivity contribution in [2.45, 2.75) is 6.92 Å². The van der Waals surface area contributed by atoms with Gasteiger partial charge in [-0.05, 0) is 18.5 Å². The van der Waals surface area contributed by atoms with E-state index in [-0.39, 0.29) is 28.5 Å². The van der Waals surface area contributed by atoms with E-state index in [4.69, 9.17) is 11.6 Å². The second-order valence-corrected chi connectivity index (χ2v) is 5.06. The van der Waals surface area contributed by atoms with Crippen LogP contribution >= 0.6 is 11.6 Å². The van der Waals surface area contributed by atoms with Gasteiger partial charge in [0, 0.05) is 18.7 Å². The first-order valence-corrected chi connectivity index (χ1v) is 6.32. The van der Waals surface area contributed by atoms with Crippen LogP contribution in [0.4, 0.5) is 11.4 Å². The molecule has 102 valence electrons. The van der Waals surface area contributed by atoms with E-state index in [9.17, 15) is 14.9 Å². The molecule has 7 heteroatoms. The fourth-order valence-corrected chi connectivity index (χ4v) is 2.33. The normalized spacial score (nSPS) is 22.2. The molecule has 2 atom stereocenters. The predicted octanol–water partition coefficient (Wildman–Crippen LogP) is 2.04. The second-order valence-electron chi connectivity index (χ2n) is 4.65. The molecular formula is C12H14ClN3O3. The molecule has 2 rings (SSSR count). The van der Waals surface area contributed by atoms with Gasteiger partial charge in [0.1, 0.15) is 0 Å². The van der Waals surface area contributed by atoms with Crippen molar-refractivity contribution in [3.8, 4) is 0 Å². The van der Waals surface area contributed by atoms with Crippen LogP contribution < -0.4 is 10.6 Å². The Morgan fingerprint density at radius 2 is 2.26 bits per heavy atom. The summed E-state index contributed by atoms with van der Waals surface area (Å²) in [4.78, 5) is 22.1. The molecule has 6 nitrogen and oxygen atoms in total. The molecule has 19 heavy (non-hydrogen) atoms. The maximum atomic E-state index is 12.1. The maximum Gasteiger partial charge on any atom is 0.271 e. The molecule has 0 spiro atoms. The third-order valence-corrected chi connectivity index (χ3v) is 3.59. The van der Waals surface area contributed by atoms with Gasteiger partial charge >= 0.3 is 0 Å². The lowest BCUT2D eigenvalue weighted by atomic mass is 9.97. The molecule has 0 aliphatic carbocycles. The minimum absolute atomic E-state index is 0.0982.